The van der Waals surface area contributed by atoms with E-state index in [9.17, 15) is 0 Å². The standard InChI is InChI=1S/C15H20N4/c1-2-5-11-8-9-19(10-11)15-14(16)17-12-6-3-4-7-13(12)18-15/h3-4,6-7,11H,2,5,8-10H2,1H3,(H2,16,17). The number of benzene rings is 1. The summed E-state index contributed by atoms with van der Waals surface area (Å²) >= 11 is 0. The lowest BCUT2D eigenvalue weighted by molar-refractivity contribution is 0.529. The Balaban J connectivity index is 1.90. The van der Waals surface area contributed by atoms with Crippen molar-refractivity contribution in [2.45, 2.75) is 26.2 Å². The van der Waals surface area contributed by atoms with E-state index < -0.39 is 0 Å². The maximum atomic E-state index is 6.07. The van der Waals surface area contributed by atoms with Crippen LogP contribution in [0.15, 0.2) is 24.3 Å². The van der Waals surface area contributed by atoms with Gasteiger partial charge in [-0.3, -0.25) is 0 Å². The highest BCUT2D eigenvalue weighted by molar-refractivity contribution is 5.79. The Bertz CT molecular complexity index is 581. The number of rotatable bonds is 3. The van der Waals surface area contributed by atoms with Gasteiger partial charge in [0.15, 0.2) is 11.6 Å². The third kappa shape index (κ3) is 2.35. The van der Waals surface area contributed by atoms with Gasteiger partial charge in [-0.25, -0.2) is 9.97 Å². The van der Waals surface area contributed by atoms with E-state index in [2.05, 4.69) is 21.8 Å². The van der Waals surface area contributed by atoms with E-state index in [1.807, 2.05) is 24.3 Å². The first-order valence-electron chi connectivity index (χ1n) is 7.05. The zero-order chi connectivity index (χ0) is 13.2. The van der Waals surface area contributed by atoms with Crippen LogP contribution in [0.4, 0.5) is 11.6 Å². The number of para-hydroxylation sites is 2. The predicted molar refractivity (Wildman–Crippen MR) is 79.2 cm³/mol. The molecule has 3 rings (SSSR count). The van der Waals surface area contributed by atoms with Gasteiger partial charge in [0.05, 0.1) is 11.0 Å². The molecule has 1 fully saturated rings. The Morgan fingerprint density at radius 1 is 1.26 bits per heavy atom. The van der Waals surface area contributed by atoms with Crippen LogP contribution in [0.25, 0.3) is 11.0 Å². The Kier molecular flexibility index (Phi) is 3.23. The molecular formula is C15H20N4. The summed E-state index contributed by atoms with van der Waals surface area (Å²) in [4.78, 5) is 11.4. The van der Waals surface area contributed by atoms with Crippen molar-refractivity contribution >= 4 is 22.7 Å². The Labute approximate surface area is 113 Å². The quantitative estimate of drug-likeness (QED) is 0.917. The van der Waals surface area contributed by atoms with Crippen LogP contribution in [0.2, 0.25) is 0 Å². The van der Waals surface area contributed by atoms with Gasteiger partial charge in [0.25, 0.3) is 0 Å². The molecule has 0 amide bonds. The maximum Gasteiger partial charge on any atom is 0.172 e. The molecule has 4 heteroatoms. The number of hydrogen-bond donors (Lipinski definition) is 1. The SMILES string of the molecule is CCCC1CCN(c2nc3ccccc3nc2N)C1. The van der Waals surface area contributed by atoms with Gasteiger partial charge in [-0.1, -0.05) is 25.5 Å². The lowest BCUT2D eigenvalue weighted by Crippen LogP contribution is -2.22. The zero-order valence-electron chi connectivity index (χ0n) is 11.3. The van der Waals surface area contributed by atoms with Crippen molar-refractivity contribution in [2.24, 2.45) is 5.92 Å². The number of aromatic nitrogens is 2. The van der Waals surface area contributed by atoms with Crippen LogP contribution in [0, 0.1) is 5.92 Å². The van der Waals surface area contributed by atoms with Crippen LogP contribution in [0.3, 0.4) is 0 Å². The molecule has 19 heavy (non-hydrogen) atoms. The van der Waals surface area contributed by atoms with E-state index in [4.69, 9.17) is 5.73 Å². The monoisotopic (exact) mass is 256 g/mol. The van der Waals surface area contributed by atoms with Gasteiger partial charge in [0, 0.05) is 13.1 Å². The summed E-state index contributed by atoms with van der Waals surface area (Å²) in [6, 6.07) is 7.89. The minimum atomic E-state index is 0.552. The average molecular weight is 256 g/mol. The molecule has 1 aliphatic heterocycles. The maximum absolute atomic E-state index is 6.07. The third-order valence-corrected chi connectivity index (χ3v) is 3.86. The normalized spacial score (nSPS) is 19.2. The van der Waals surface area contributed by atoms with Crippen molar-refractivity contribution in [1.82, 2.24) is 9.97 Å². The minimum Gasteiger partial charge on any atom is -0.381 e. The first kappa shape index (κ1) is 12.2. The highest BCUT2D eigenvalue weighted by atomic mass is 15.2. The van der Waals surface area contributed by atoms with Gasteiger partial charge in [0.2, 0.25) is 0 Å². The second kappa shape index (κ2) is 5.03. The Morgan fingerprint density at radius 2 is 2.00 bits per heavy atom. The molecule has 1 aromatic carbocycles. The molecule has 0 radical (unpaired) electrons. The van der Waals surface area contributed by atoms with Gasteiger partial charge in [-0.05, 0) is 30.9 Å². The molecule has 2 N–H and O–H groups in total. The van der Waals surface area contributed by atoms with E-state index in [1.54, 1.807) is 0 Å². The number of nitrogens with zero attached hydrogens (tertiary/aromatic N) is 3. The van der Waals surface area contributed by atoms with Crippen molar-refractivity contribution in [2.75, 3.05) is 23.7 Å². The van der Waals surface area contributed by atoms with E-state index in [-0.39, 0.29) is 0 Å². The van der Waals surface area contributed by atoms with E-state index in [0.29, 0.717) is 5.82 Å². The molecule has 4 nitrogen and oxygen atoms in total. The highest BCUT2D eigenvalue weighted by Gasteiger charge is 2.24. The largest absolute Gasteiger partial charge is 0.381 e. The molecular weight excluding hydrogens is 236 g/mol. The molecule has 100 valence electrons. The number of fused-ring (bicyclic) bond motifs is 1. The van der Waals surface area contributed by atoms with Crippen LogP contribution in [0.5, 0.6) is 0 Å². The van der Waals surface area contributed by atoms with E-state index in [1.165, 1.54) is 19.3 Å². The van der Waals surface area contributed by atoms with Crippen LogP contribution < -0.4 is 10.6 Å². The van der Waals surface area contributed by atoms with Crippen LogP contribution in [-0.4, -0.2) is 23.1 Å². The summed E-state index contributed by atoms with van der Waals surface area (Å²) in [6.07, 6.45) is 3.77. The molecule has 0 saturated carbocycles. The summed E-state index contributed by atoms with van der Waals surface area (Å²) in [5.74, 6) is 2.19. The molecule has 1 atom stereocenters. The van der Waals surface area contributed by atoms with Gasteiger partial charge in [-0.2, -0.15) is 0 Å². The molecule has 2 aromatic rings. The fourth-order valence-electron chi connectivity index (χ4n) is 2.91. The van der Waals surface area contributed by atoms with Gasteiger partial charge in [0.1, 0.15) is 0 Å². The van der Waals surface area contributed by atoms with Crippen molar-refractivity contribution in [3.63, 3.8) is 0 Å². The fourth-order valence-corrected chi connectivity index (χ4v) is 2.91. The first-order chi connectivity index (χ1) is 9.28. The number of nitrogen functional groups attached to an aromatic ring is 1. The van der Waals surface area contributed by atoms with Gasteiger partial charge < -0.3 is 10.6 Å². The summed E-state index contributed by atoms with van der Waals surface area (Å²) in [6.45, 7) is 4.35. The lowest BCUT2D eigenvalue weighted by Gasteiger charge is -2.19. The average Bonchev–Trinajstić information content (AvgIpc) is 2.87. The molecule has 0 aliphatic carbocycles. The molecule has 1 unspecified atom stereocenters. The topological polar surface area (TPSA) is 55.0 Å². The fraction of sp³-hybridized carbons (Fsp3) is 0.467. The number of nitrogens with two attached hydrogens (primary N) is 1. The van der Waals surface area contributed by atoms with Crippen LogP contribution >= 0.6 is 0 Å². The molecule has 0 bridgehead atoms. The second-order valence-electron chi connectivity index (χ2n) is 5.31. The third-order valence-electron chi connectivity index (χ3n) is 3.86. The van der Waals surface area contributed by atoms with Crippen LogP contribution in [-0.2, 0) is 0 Å². The summed E-state index contributed by atoms with van der Waals surface area (Å²) in [5.41, 5.74) is 7.86. The van der Waals surface area contributed by atoms with Crippen molar-refractivity contribution < 1.29 is 0 Å². The summed E-state index contributed by atoms with van der Waals surface area (Å²) < 4.78 is 0. The van der Waals surface area contributed by atoms with Gasteiger partial charge >= 0.3 is 0 Å². The van der Waals surface area contributed by atoms with Crippen LogP contribution in [0.1, 0.15) is 26.2 Å². The second-order valence-corrected chi connectivity index (χ2v) is 5.31. The van der Waals surface area contributed by atoms with Crippen molar-refractivity contribution in [3.8, 4) is 0 Å². The molecule has 0 spiro atoms. The predicted octanol–water partition coefficient (Wildman–Crippen LogP) is 2.84. The Morgan fingerprint density at radius 3 is 2.74 bits per heavy atom. The zero-order valence-corrected chi connectivity index (χ0v) is 11.3. The lowest BCUT2D eigenvalue weighted by atomic mass is 10.0. The number of hydrogen-bond acceptors (Lipinski definition) is 4. The molecule has 1 aliphatic rings. The first-order valence-corrected chi connectivity index (χ1v) is 7.05. The Hall–Kier alpha value is -1.84. The van der Waals surface area contributed by atoms with Crippen molar-refractivity contribution in [3.05, 3.63) is 24.3 Å². The number of anilines is 2. The van der Waals surface area contributed by atoms with Crippen molar-refractivity contribution in [1.29, 1.82) is 0 Å². The molecule has 1 aromatic heterocycles. The minimum absolute atomic E-state index is 0.552. The van der Waals surface area contributed by atoms with Gasteiger partial charge in [-0.15, -0.1) is 0 Å². The van der Waals surface area contributed by atoms with E-state index in [0.717, 1.165) is 35.9 Å². The summed E-state index contributed by atoms with van der Waals surface area (Å²) in [7, 11) is 0. The highest BCUT2D eigenvalue weighted by Crippen LogP contribution is 2.29. The smallest absolute Gasteiger partial charge is 0.172 e. The van der Waals surface area contributed by atoms with E-state index >= 15 is 0 Å². The summed E-state index contributed by atoms with van der Waals surface area (Å²) in [5, 5.41) is 0. The molecule has 2 heterocycles. The molecule has 1 saturated heterocycles.